The second-order valence-corrected chi connectivity index (χ2v) is 8.15. The Hall–Kier alpha value is -2.26. The molecule has 3 rings (SSSR count). The van der Waals surface area contributed by atoms with E-state index in [0.29, 0.717) is 0 Å². The predicted molar refractivity (Wildman–Crippen MR) is 129 cm³/mol. The first-order chi connectivity index (χ1) is 14.8. The molecule has 0 bridgehead atoms. The Morgan fingerprint density at radius 3 is 2.20 bits per heavy atom. The molecule has 0 atom stereocenters. The summed E-state index contributed by atoms with van der Waals surface area (Å²) in [5.74, 6) is 0.967. The van der Waals surface area contributed by atoms with Crippen LogP contribution in [0.25, 0.3) is 16.6 Å². The SMILES string of the molecule is CCCCN(CCCC)CCCOc1ccc(-c2c(CC)cn3ccccc23)cc1. The van der Waals surface area contributed by atoms with Gasteiger partial charge in [0.1, 0.15) is 5.75 Å². The van der Waals surface area contributed by atoms with Gasteiger partial charge in [-0.05, 0) is 74.2 Å². The summed E-state index contributed by atoms with van der Waals surface area (Å²) in [5.41, 5.74) is 5.25. The van der Waals surface area contributed by atoms with Crippen LogP contribution >= 0.6 is 0 Å². The normalized spacial score (nSPS) is 11.5. The van der Waals surface area contributed by atoms with Crippen molar-refractivity contribution in [2.75, 3.05) is 26.2 Å². The summed E-state index contributed by atoms with van der Waals surface area (Å²) in [6, 6.07) is 15.0. The van der Waals surface area contributed by atoms with Crippen LogP contribution in [0.15, 0.2) is 54.9 Å². The maximum Gasteiger partial charge on any atom is 0.119 e. The van der Waals surface area contributed by atoms with E-state index in [9.17, 15) is 0 Å². The van der Waals surface area contributed by atoms with Crippen molar-refractivity contribution in [3.63, 3.8) is 0 Å². The van der Waals surface area contributed by atoms with Crippen molar-refractivity contribution in [2.24, 2.45) is 0 Å². The minimum absolute atomic E-state index is 0.781. The quantitative estimate of drug-likeness (QED) is 0.289. The van der Waals surface area contributed by atoms with E-state index in [4.69, 9.17) is 4.74 Å². The van der Waals surface area contributed by atoms with Gasteiger partial charge in [-0.2, -0.15) is 0 Å². The summed E-state index contributed by atoms with van der Waals surface area (Å²) in [4.78, 5) is 2.60. The molecule has 30 heavy (non-hydrogen) atoms. The summed E-state index contributed by atoms with van der Waals surface area (Å²) in [5, 5.41) is 0. The third-order valence-electron chi connectivity index (χ3n) is 5.83. The standard InChI is InChI=1S/C27H38N2O/c1-4-7-17-28(18-8-5-2)19-11-21-30-25-15-13-24(14-16-25)27-23(6-3)22-29-20-10-9-12-26(27)29/h9-10,12-16,20,22H,4-8,11,17-19,21H2,1-3H3. The Morgan fingerprint density at radius 2 is 1.53 bits per heavy atom. The highest BCUT2D eigenvalue weighted by Crippen LogP contribution is 2.31. The number of ether oxygens (including phenoxy) is 1. The maximum absolute atomic E-state index is 6.05. The molecule has 0 saturated carbocycles. The molecule has 0 spiro atoms. The zero-order valence-corrected chi connectivity index (χ0v) is 19.1. The molecule has 0 fully saturated rings. The molecule has 0 radical (unpaired) electrons. The van der Waals surface area contributed by atoms with E-state index in [1.807, 2.05) is 0 Å². The fourth-order valence-corrected chi connectivity index (χ4v) is 4.07. The number of hydrogen-bond donors (Lipinski definition) is 0. The first kappa shape index (κ1) is 22.4. The molecule has 1 aromatic carbocycles. The number of nitrogens with zero attached hydrogens (tertiary/aromatic N) is 2. The van der Waals surface area contributed by atoms with E-state index in [1.54, 1.807) is 0 Å². The van der Waals surface area contributed by atoms with Crippen molar-refractivity contribution in [1.82, 2.24) is 9.30 Å². The fraction of sp³-hybridized carbons (Fsp3) is 0.481. The second kappa shape index (κ2) is 11.8. The molecule has 162 valence electrons. The van der Waals surface area contributed by atoms with Crippen LogP contribution in [0.4, 0.5) is 0 Å². The van der Waals surface area contributed by atoms with Gasteiger partial charge in [-0.15, -0.1) is 0 Å². The van der Waals surface area contributed by atoms with Crippen LogP contribution in [-0.2, 0) is 6.42 Å². The molecule has 3 heteroatoms. The number of aromatic nitrogens is 1. The minimum atomic E-state index is 0.781. The maximum atomic E-state index is 6.05. The van der Waals surface area contributed by atoms with Crippen molar-refractivity contribution in [3.8, 4) is 16.9 Å². The Labute approximate surface area is 182 Å². The number of unbranched alkanes of at least 4 members (excludes halogenated alkanes) is 2. The molecule has 0 N–H and O–H groups in total. The van der Waals surface area contributed by atoms with Crippen molar-refractivity contribution in [3.05, 3.63) is 60.4 Å². The number of fused-ring (bicyclic) bond motifs is 1. The molecule has 2 aromatic heterocycles. The third kappa shape index (κ3) is 5.89. The van der Waals surface area contributed by atoms with Crippen molar-refractivity contribution in [2.45, 2.75) is 59.3 Å². The van der Waals surface area contributed by atoms with E-state index in [1.165, 1.54) is 61.0 Å². The van der Waals surface area contributed by atoms with Crippen LogP contribution in [0.5, 0.6) is 5.75 Å². The highest BCUT2D eigenvalue weighted by atomic mass is 16.5. The number of pyridine rings is 1. The Bertz CT molecular complexity index is 874. The van der Waals surface area contributed by atoms with Gasteiger partial charge >= 0.3 is 0 Å². The predicted octanol–water partition coefficient (Wildman–Crippen LogP) is 6.84. The van der Waals surface area contributed by atoms with Crippen LogP contribution in [-0.4, -0.2) is 35.5 Å². The molecule has 0 aliphatic heterocycles. The highest BCUT2D eigenvalue weighted by Gasteiger charge is 2.11. The molecular weight excluding hydrogens is 368 g/mol. The van der Waals surface area contributed by atoms with Crippen molar-refractivity contribution < 1.29 is 4.74 Å². The summed E-state index contributed by atoms with van der Waals surface area (Å²) in [7, 11) is 0. The lowest BCUT2D eigenvalue weighted by Gasteiger charge is -2.21. The lowest BCUT2D eigenvalue weighted by Crippen LogP contribution is -2.28. The van der Waals surface area contributed by atoms with E-state index in [2.05, 4.69) is 84.9 Å². The Kier molecular flexibility index (Phi) is 8.82. The monoisotopic (exact) mass is 406 g/mol. The van der Waals surface area contributed by atoms with Gasteiger partial charge < -0.3 is 14.0 Å². The lowest BCUT2D eigenvalue weighted by molar-refractivity contribution is 0.229. The minimum Gasteiger partial charge on any atom is -0.494 e. The lowest BCUT2D eigenvalue weighted by atomic mass is 10.0. The van der Waals surface area contributed by atoms with Crippen LogP contribution in [0.1, 0.15) is 58.4 Å². The van der Waals surface area contributed by atoms with E-state index in [-0.39, 0.29) is 0 Å². The van der Waals surface area contributed by atoms with Crippen molar-refractivity contribution in [1.29, 1.82) is 0 Å². The van der Waals surface area contributed by atoms with Crippen LogP contribution in [0.3, 0.4) is 0 Å². The van der Waals surface area contributed by atoms with Crippen LogP contribution < -0.4 is 4.74 Å². The molecule has 3 nitrogen and oxygen atoms in total. The molecule has 0 saturated heterocycles. The molecule has 0 unspecified atom stereocenters. The second-order valence-electron chi connectivity index (χ2n) is 8.15. The first-order valence-corrected chi connectivity index (χ1v) is 11.8. The summed E-state index contributed by atoms with van der Waals surface area (Å²) in [6.45, 7) is 11.1. The van der Waals surface area contributed by atoms with Gasteiger partial charge in [0.15, 0.2) is 0 Å². The number of benzene rings is 1. The molecule has 0 aliphatic carbocycles. The molecule has 0 aliphatic rings. The Balaban J connectivity index is 1.56. The molecular formula is C27H38N2O. The number of rotatable bonds is 13. The molecule has 3 aromatic rings. The largest absolute Gasteiger partial charge is 0.494 e. The van der Waals surface area contributed by atoms with Crippen molar-refractivity contribution >= 4 is 5.52 Å². The van der Waals surface area contributed by atoms with Gasteiger partial charge in [0.05, 0.1) is 12.1 Å². The van der Waals surface area contributed by atoms with Gasteiger partial charge in [-0.25, -0.2) is 0 Å². The molecule has 0 amide bonds. The topological polar surface area (TPSA) is 16.9 Å². The van der Waals surface area contributed by atoms with E-state index >= 15 is 0 Å². The van der Waals surface area contributed by atoms with Gasteiger partial charge in [0.25, 0.3) is 0 Å². The average Bonchev–Trinajstić information content (AvgIpc) is 3.17. The van der Waals surface area contributed by atoms with Gasteiger partial charge in [0.2, 0.25) is 0 Å². The summed E-state index contributed by atoms with van der Waals surface area (Å²) in [6.07, 6.45) is 11.6. The summed E-state index contributed by atoms with van der Waals surface area (Å²) >= 11 is 0. The number of aryl methyl sites for hydroxylation is 1. The number of hydrogen-bond acceptors (Lipinski definition) is 2. The van der Waals surface area contributed by atoms with E-state index < -0.39 is 0 Å². The highest BCUT2D eigenvalue weighted by molar-refractivity contribution is 5.84. The smallest absolute Gasteiger partial charge is 0.119 e. The first-order valence-electron chi connectivity index (χ1n) is 11.8. The fourth-order valence-electron chi connectivity index (χ4n) is 4.07. The summed E-state index contributed by atoms with van der Waals surface area (Å²) < 4.78 is 8.27. The zero-order valence-electron chi connectivity index (χ0n) is 19.1. The average molecular weight is 407 g/mol. The Morgan fingerprint density at radius 1 is 0.833 bits per heavy atom. The third-order valence-corrected chi connectivity index (χ3v) is 5.83. The van der Waals surface area contributed by atoms with Crippen LogP contribution in [0.2, 0.25) is 0 Å². The van der Waals surface area contributed by atoms with Gasteiger partial charge in [-0.3, -0.25) is 0 Å². The van der Waals surface area contributed by atoms with Gasteiger partial charge in [-0.1, -0.05) is 51.8 Å². The van der Waals surface area contributed by atoms with E-state index in [0.717, 1.165) is 31.7 Å². The van der Waals surface area contributed by atoms with Gasteiger partial charge in [0, 0.05) is 24.5 Å². The zero-order chi connectivity index (χ0) is 21.2. The van der Waals surface area contributed by atoms with Crippen LogP contribution in [0, 0.1) is 0 Å². The molecule has 2 heterocycles.